The number of nitrogens with zero attached hydrogens (tertiary/aromatic N) is 4. The molecule has 1 heterocycles. The lowest BCUT2D eigenvalue weighted by atomic mass is 10.5. The lowest BCUT2D eigenvalue weighted by molar-refractivity contribution is 0.318. The maximum Gasteiger partial charge on any atom is 0.219 e. The lowest BCUT2D eigenvalue weighted by Crippen LogP contribution is -2.15. The molecular weight excluding hydrogens is 214 g/mol. The van der Waals surface area contributed by atoms with Crippen molar-refractivity contribution in [2.45, 2.75) is 19.9 Å². The van der Waals surface area contributed by atoms with Crippen molar-refractivity contribution >= 4 is 17.6 Å². The van der Waals surface area contributed by atoms with E-state index in [2.05, 4.69) is 22.2 Å². The van der Waals surface area contributed by atoms with Crippen LogP contribution in [-0.4, -0.2) is 37.3 Å². The number of aryl methyl sites for hydroxylation is 1. The zero-order valence-corrected chi connectivity index (χ0v) is 9.44. The van der Waals surface area contributed by atoms with Gasteiger partial charge in [-0.15, -0.1) is 5.10 Å². The van der Waals surface area contributed by atoms with Gasteiger partial charge in [-0.25, -0.2) is 4.98 Å². The first kappa shape index (κ1) is 11.8. The van der Waals surface area contributed by atoms with Crippen LogP contribution in [0.15, 0.2) is 11.5 Å². The van der Waals surface area contributed by atoms with Crippen molar-refractivity contribution < 1.29 is 5.21 Å². The predicted octanol–water partition coefficient (Wildman–Crippen LogP) is 0.516. The van der Waals surface area contributed by atoms with E-state index < -0.39 is 0 Å². The smallest absolute Gasteiger partial charge is 0.219 e. The quantitative estimate of drug-likeness (QED) is 0.244. The maximum atomic E-state index is 8.41. The molecule has 0 aliphatic heterocycles. The van der Waals surface area contributed by atoms with Gasteiger partial charge in [-0.05, 0) is 17.9 Å². The largest absolute Gasteiger partial charge is 0.409 e. The third-order valence-corrected chi connectivity index (χ3v) is 2.74. The minimum atomic E-state index is -0.0586. The van der Waals surface area contributed by atoms with Crippen LogP contribution < -0.4 is 5.73 Å². The number of oxime groups is 1. The zero-order chi connectivity index (χ0) is 11.1. The SMILES string of the molecule is CCSCCCn1cnc(C(N)=NO)n1. The molecule has 0 saturated carbocycles. The van der Waals surface area contributed by atoms with E-state index >= 15 is 0 Å². The maximum absolute atomic E-state index is 8.41. The molecule has 0 spiro atoms. The fraction of sp³-hybridized carbons (Fsp3) is 0.625. The van der Waals surface area contributed by atoms with Crippen LogP contribution in [-0.2, 0) is 6.54 Å². The number of hydrogen-bond acceptors (Lipinski definition) is 5. The third-order valence-electron chi connectivity index (χ3n) is 1.75. The summed E-state index contributed by atoms with van der Waals surface area (Å²) in [4.78, 5) is 3.92. The highest BCUT2D eigenvalue weighted by atomic mass is 32.2. The topological polar surface area (TPSA) is 89.3 Å². The molecule has 3 N–H and O–H groups in total. The Morgan fingerprint density at radius 2 is 2.53 bits per heavy atom. The molecule has 0 amide bonds. The summed E-state index contributed by atoms with van der Waals surface area (Å²) in [5, 5.41) is 15.3. The average molecular weight is 229 g/mol. The highest BCUT2D eigenvalue weighted by molar-refractivity contribution is 7.99. The first-order valence-corrected chi connectivity index (χ1v) is 5.88. The van der Waals surface area contributed by atoms with Crippen LogP contribution in [0.1, 0.15) is 19.2 Å². The van der Waals surface area contributed by atoms with Gasteiger partial charge in [0.25, 0.3) is 0 Å². The molecular formula is C8H15N5OS. The van der Waals surface area contributed by atoms with E-state index in [4.69, 9.17) is 10.9 Å². The summed E-state index contributed by atoms with van der Waals surface area (Å²) in [6.45, 7) is 2.94. The summed E-state index contributed by atoms with van der Waals surface area (Å²) >= 11 is 1.90. The second-order valence-electron chi connectivity index (χ2n) is 2.87. The zero-order valence-electron chi connectivity index (χ0n) is 8.63. The lowest BCUT2D eigenvalue weighted by Gasteiger charge is -1.99. The Balaban J connectivity index is 2.40. The molecule has 6 nitrogen and oxygen atoms in total. The van der Waals surface area contributed by atoms with Crippen molar-refractivity contribution in [1.29, 1.82) is 0 Å². The summed E-state index contributed by atoms with van der Waals surface area (Å²) in [7, 11) is 0. The van der Waals surface area contributed by atoms with E-state index in [1.54, 1.807) is 11.0 Å². The van der Waals surface area contributed by atoms with Crippen LogP contribution in [0.5, 0.6) is 0 Å². The first-order valence-electron chi connectivity index (χ1n) is 4.73. The van der Waals surface area contributed by atoms with E-state index in [-0.39, 0.29) is 11.7 Å². The molecule has 1 aromatic heterocycles. The van der Waals surface area contributed by atoms with E-state index in [1.165, 1.54) is 0 Å². The summed E-state index contributed by atoms with van der Waals surface area (Å²) in [5.74, 6) is 2.44. The molecule has 0 aliphatic carbocycles. The van der Waals surface area contributed by atoms with Gasteiger partial charge in [-0.3, -0.25) is 4.68 Å². The van der Waals surface area contributed by atoms with Gasteiger partial charge in [0.2, 0.25) is 11.7 Å². The molecule has 1 rings (SSSR count). The number of aromatic nitrogens is 3. The molecule has 0 radical (unpaired) electrons. The van der Waals surface area contributed by atoms with Gasteiger partial charge in [-0.2, -0.15) is 11.8 Å². The Labute approximate surface area is 92.6 Å². The van der Waals surface area contributed by atoms with E-state index in [0.717, 1.165) is 24.5 Å². The van der Waals surface area contributed by atoms with Crippen LogP contribution in [0.25, 0.3) is 0 Å². The first-order chi connectivity index (χ1) is 7.27. The van der Waals surface area contributed by atoms with Crippen molar-refractivity contribution in [1.82, 2.24) is 14.8 Å². The normalized spacial score (nSPS) is 11.9. The van der Waals surface area contributed by atoms with E-state index in [1.807, 2.05) is 11.8 Å². The predicted molar refractivity (Wildman–Crippen MR) is 60.1 cm³/mol. The molecule has 84 valence electrons. The Bertz CT molecular complexity index is 325. The van der Waals surface area contributed by atoms with Gasteiger partial charge >= 0.3 is 0 Å². The molecule has 0 atom stereocenters. The average Bonchev–Trinajstić information content (AvgIpc) is 2.72. The second-order valence-corrected chi connectivity index (χ2v) is 4.26. The van der Waals surface area contributed by atoms with Gasteiger partial charge in [0, 0.05) is 6.54 Å². The van der Waals surface area contributed by atoms with Crippen LogP contribution in [0.2, 0.25) is 0 Å². The number of thioether (sulfide) groups is 1. The van der Waals surface area contributed by atoms with Crippen molar-refractivity contribution in [3.8, 4) is 0 Å². The minimum Gasteiger partial charge on any atom is -0.409 e. The molecule has 15 heavy (non-hydrogen) atoms. The van der Waals surface area contributed by atoms with Crippen molar-refractivity contribution in [3.05, 3.63) is 12.2 Å². The van der Waals surface area contributed by atoms with Gasteiger partial charge in [-0.1, -0.05) is 12.1 Å². The molecule has 0 aliphatic rings. The second kappa shape index (κ2) is 6.28. The molecule has 1 aromatic rings. The molecule has 7 heteroatoms. The summed E-state index contributed by atoms with van der Waals surface area (Å²) in [6.07, 6.45) is 2.63. The number of nitrogens with two attached hydrogens (primary N) is 1. The van der Waals surface area contributed by atoms with Crippen LogP contribution in [0, 0.1) is 0 Å². The van der Waals surface area contributed by atoms with E-state index in [9.17, 15) is 0 Å². The molecule has 0 fully saturated rings. The molecule has 0 aromatic carbocycles. The number of hydrogen-bond donors (Lipinski definition) is 2. The minimum absolute atomic E-state index is 0.0586. The molecule has 0 unspecified atom stereocenters. The summed E-state index contributed by atoms with van der Waals surface area (Å²) in [5.41, 5.74) is 5.34. The van der Waals surface area contributed by atoms with Gasteiger partial charge < -0.3 is 10.9 Å². The molecule has 0 bridgehead atoms. The standard InChI is InChI=1S/C8H15N5OS/c1-2-15-5-3-4-13-6-10-8(11-13)7(9)12-14/h6,14H,2-5H2,1H3,(H2,9,12). The highest BCUT2D eigenvalue weighted by Crippen LogP contribution is 2.02. The van der Waals surface area contributed by atoms with Gasteiger partial charge in [0.1, 0.15) is 6.33 Å². The van der Waals surface area contributed by atoms with E-state index in [0.29, 0.717) is 0 Å². The Morgan fingerprint density at radius 3 is 3.20 bits per heavy atom. The fourth-order valence-electron chi connectivity index (χ4n) is 1.04. The van der Waals surface area contributed by atoms with Crippen LogP contribution in [0.4, 0.5) is 0 Å². The van der Waals surface area contributed by atoms with Crippen LogP contribution >= 0.6 is 11.8 Å². The number of rotatable bonds is 6. The van der Waals surface area contributed by atoms with Gasteiger partial charge in [0.15, 0.2) is 0 Å². The highest BCUT2D eigenvalue weighted by Gasteiger charge is 2.04. The summed E-state index contributed by atoms with van der Waals surface area (Å²) < 4.78 is 1.70. The monoisotopic (exact) mass is 229 g/mol. The third kappa shape index (κ3) is 3.78. The Morgan fingerprint density at radius 1 is 1.73 bits per heavy atom. The Hall–Kier alpha value is -1.24. The van der Waals surface area contributed by atoms with Crippen LogP contribution in [0.3, 0.4) is 0 Å². The summed E-state index contributed by atoms with van der Waals surface area (Å²) in [6, 6.07) is 0. The molecule has 0 saturated heterocycles. The van der Waals surface area contributed by atoms with Crippen molar-refractivity contribution in [2.24, 2.45) is 10.9 Å². The van der Waals surface area contributed by atoms with Crippen molar-refractivity contribution in [2.75, 3.05) is 11.5 Å². The van der Waals surface area contributed by atoms with Gasteiger partial charge in [0.05, 0.1) is 0 Å². The fourth-order valence-corrected chi connectivity index (χ4v) is 1.66. The Kier molecular flexibility index (Phi) is 4.96. The number of amidine groups is 1. The van der Waals surface area contributed by atoms with Crippen molar-refractivity contribution in [3.63, 3.8) is 0 Å².